The van der Waals surface area contributed by atoms with Crippen LogP contribution in [0.5, 0.6) is 5.75 Å². The van der Waals surface area contributed by atoms with E-state index >= 15 is 0 Å². The van der Waals surface area contributed by atoms with E-state index in [2.05, 4.69) is 26.0 Å². The molecule has 0 atom stereocenters. The van der Waals surface area contributed by atoms with Crippen molar-refractivity contribution in [3.05, 3.63) is 22.7 Å². The van der Waals surface area contributed by atoms with Gasteiger partial charge in [0.2, 0.25) is 5.91 Å². The lowest BCUT2D eigenvalue weighted by molar-refractivity contribution is -0.274. The molecule has 0 aliphatic carbocycles. The van der Waals surface area contributed by atoms with E-state index in [0.29, 0.717) is 4.47 Å². The van der Waals surface area contributed by atoms with Crippen LogP contribution in [-0.4, -0.2) is 17.8 Å². The second-order valence-electron chi connectivity index (χ2n) is 4.36. The number of hydrogen-bond acceptors (Lipinski definition) is 3. The summed E-state index contributed by atoms with van der Waals surface area (Å²) in [6.45, 7) is 2.87. The fourth-order valence-electron chi connectivity index (χ4n) is 1.09. The highest BCUT2D eigenvalue weighted by molar-refractivity contribution is 9.10. The summed E-state index contributed by atoms with van der Waals surface area (Å²) >= 11 is 3.02. The largest absolute Gasteiger partial charge is 0.573 e. The van der Waals surface area contributed by atoms with E-state index in [0.717, 1.165) is 6.07 Å². The molecule has 3 N–H and O–H groups in total. The van der Waals surface area contributed by atoms with Gasteiger partial charge in [0, 0.05) is 4.47 Å². The first-order valence-electron chi connectivity index (χ1n) is 5.15. The molecule has 1 amide bonds. The third-order valence-corrected chi connectivity index (χ3v) is 2.50. The minimum Gasteiger partial charge on any atom is -0.404 e. The molecule has 106 valence electrons. The maximum absolute atomic E-state index is 12.2. The van der Waals surface area contributed by atoms with Crippen LogP contribution in [0.3, 0.4) is 0 Å². The zero-order chi connectivity index (χ0) is 14.8. The van der Waals surface area contributed by atoms with E-state index in [1.807, 2.05) is 0 Å². The molecule has 0 saturated carbocycles. The van der Waals surface area contributed by atoms with Gasteiger partial charge in [0.15, 0.2) is 5.75 Å². The van der Waals surface area contributed by atoms with Crippen molar-refractivity contribution in [3.8, 4) is 5.75 Å². The number of carbonyl (C=O) groups is 1. The van der Waals surface area contributed by atoms with Crippen LogP contribution in [-0.2, 0) is 4.79 Å². The molecule has 1 aromatic carbocycles. The van der Waals surface area contributed by atoms with Gasteiger partial charge in [-0.2, -0.15) is 0 Å². The summed E-state index contributed by atoms with van der Waals surface area (Å²) in [4.78, 5) is 11.7. The Hall–Kier alpha value is -1.28. The van der Waals surface area contributed by atoms with Crippen molar-refractivity contribution in [1.82, 2.24) is 0 Å². The number of carbonyl (C=O) groups excluding carboxylic acids is 1. The second kappa shape index (κ2) is 5.38. The molecule has 0 aliphatic heterocycles. The molecule has 0 bridgehead atoms. The van der Waals surface area contributed by atoms with Crippen molar-refractivity contribution >= 4 is 27.5 Å². The van der Waals surface area contributed by atoms with Crippen LogP contribution in [0.1, 0.15) is 13.8 Å². The van der Waals surface area contributed by atoms with Gasteiger partial charge in [0.05, 0.1) is 11.2 Å². The predicted octanol–water partition coefficient (Wildman–Crippen LogP) is 3.02. The molecule has 0 aromatic heterocycles. The topological polar surface area (TPSA) is 64.4 Å². The van der Waals surface area contributed by atoms with Gasteiger partial charge in [-0.05, 0) is 32.0 Å². The normalized spacial score (nSPS) is 12.2. The molecule has 0 unspecified atom stereocenters. The molecular weight excluding hydrogens is 329 g/mol. The summed E-state index contributed by atoms with van der Waals surface area (Å²) < 4.78 is 41.0. The number of amides is 1. The van der Waals surface area contributed by atoms with E-state index in [4.69, 9.17) is 5.73 Å². The third kappa shape index (κ3) is 5.07. The standard InChI is InChI=1S/C11H12BrF3N2O2/c1-10(2,16)9(18)17-7-4-3-6(12)5-8(7)19-11(13,14)15/h3-5H,16H2,1-2H3,(H,17,18). The van der Waals surface area contributed by atoms with E-state index in [9.17, 15) is 18.0 Å². The molecule has 0 spiro atoms. The summed E-state index contributed by atoms with van der Waals surface area (Å²) in [5, 5.41) is 2.29. The number of anilines is 1. The Labute approximate surface area is 116 Å². The van der Waals surface area contributed by atoms with E-state index in [1.54, 1.807) is 0 Å². The lowest BCUT2D eigenvalue weighted by Crippen LogP contribution is -2.45. The Balaban J connectivity index is 3.04. The summed E-state index contributed by atoms with van der Waals surface area (Å²) in [7, 11) is 0. The highest BCUT2D eigenvalue weighted by Crippen LogP contribution is 2.33. The van der Waals surface area contributed by atoms with Crippen molar-refractivity contribution in [3.63, 3.8) is 0 Å². The maximum Gasteiger partial charge on any atom is 0.573 e. The fraction of sp³-hybridized carbons (Fsp3) is 0.364. The SMILES string of the molecule is CC(C)(N)C(=O)Nc1ccc(Br)cc1OC(F)(F)F. The first-order chi connectivity index (χ1) is 8.49. The van der Waals surface area contributed by atoms with Crippen LogP contribution in [0.4, 0.5) is 18.9 Å². The number of nitrogens with one attached hydrogen (secondary N) is 1. The number of alkyl halides is 3. The number of nitrogens with two attached hydrogens (primary N) is 1. The smallest absolute Gasteiger partial charge is 0.404 e. The van der Waals surface area contributed by atoms with Gasteiger partial charge in [-0.15, -0.1) is 13.2 Å². The first-order valence-corrected chi connectivity index (χ1v) is 5.94. The van der Waals surface area contributed by atoms with Crippen LogP contribution in [0.15, 0.2) is 22.7 Å². The summed E-state index contributed by atoms with van der Waals surface area (Å²) in [5.41, 5.74) is 4.22. The van der Waals surface area contributed by atoms with Crippen molar-refractivity contribution in [2.75, 3.05) is 5.32 Å². The van der Waals surface area contributed by atoms with Crippen molar-refractivity contribution in [1.29, 1.82) is 0 Å². The highest BCUT2D eigenvalue weighted by atomic mass is 79.9. The van der Waals surface area contributed by atoms with Gasteiger partial charge >= 0.3 is 6.36 Å². The van der Waals surface area contributed by atoms with Gasteiger partial charge < -0.3 is 15.8 Å². The monoisotopic (exact) mass is 340 g/mol. The van der Waals surface area contributed by atoms with E-state index in [-0.39, 0.29) is 5.69 Å². The van der Waals surface area contributed by atoms with Crippen LogP contribution < -0.4 is 15.8 Å². The van der Waals surface area contributed by atoms with Crippen LogP contribution >= 0.6 is 15.9 Å². The second-order valence-corrected chi connectivity index (χ2v) is 5.28. The Morgan fingerprint density at radius 3 is 2.42 bits per heavy atom. The van der Waals surface area contributed by atoms with Gasteiger partial charge in [0.1, 0.15) is 0 Å². The lowest BCUT2D eigenvalue weighted by atomic mass is 10.1. The van der Waals surface area contributed by atoms with Crippen LogP contribution in [0.2, 0.25) is 0 Å². The summed E-state index contributed by atoms with van der Waals surface area (Å²) in [6.07, 6.45) is -4.85. The molecule has 0 fully saturated rings. The van der Waals surface area contributed by atoms with Crippen molar-refractivity contribution in [2.45, 2.75) is 25.7 Å². The van der Waals surface area contributed by atoms with Crippen LogP contribution in [0, 0.1) is 0 Å². The molecular formula is C11H12BrF3N2O2. The third-order valence-electron chi connectivity index (χ3n) is 2.00. The molecule has 0 heterocycles. The molecule has 1 rings (SSSR count). The predicted molar refractivity (Wildman–Crippen MR) is 67.7 cm³/mol. The van der Waals surface area contributed by atoms with Gasteiger partial charge in [0.25, 0.3) is 0 Å². The Morgan fingerprint density at radius 1 is 1.37 bits per heavy atom. The zero-order valence-corrected chi connectivity index (χ0v) is 11.7. The quantitative estimate of drug-likeness (QED) is 0.888. The minimum absolute atomic E-state index is 0.107. The average Bonchev–Trinajstić information content (AvgIpc) is 2.18. The zero-order valence-electron chi connectivity index (χ0n) is 10.1. The van der Waals surface area contributed by atoms with Gasteiger partial charge in [-0.1, -0.05) is 15.9 Å². The van der Waals surface area contributed by atoms with Gasteiger partial charge in [-0.3, -0.25) is 4.79 Å². The van der Waals surface area contributed by atoms with Crippen molar-refractivity contribution < 1.29 is 22.7 Å². The summed E-state index contributed by atoms with van der Waals surface area (Å²) in [6, 6.07) is 3.86. The van der Waals surface area contributed by atoms with E-state index in [1.165, 1.54) is 26.0 Å². The molecule has 8 heteroatoms. The number of benzene rings is 1. The number of hydrogen-bond donors (Lipinski definition) is 2. The average molecular weight is 341 g/mol. The number of halogens is 4. The molecule has 0 saturated heterocycles. The molecule has 19 heavy (non-hydrogen) atoms. The molecule has 1 aromatic rings. The van der Waals surface area contributed by atoms with Gasteiger partial charge in [-0.25, -0.2) is 0 Å². The molecule has 0 radical (unpaired) electrons. The Morgan fingerprint density at radius 2 is 1.95 bits per heavy atom. The van der Waals surface area contributed by atoms with Crippen molar-refractivity contribution in [2.24, 2.45) is 5.73 Å². The lowest BCUT2D eigenvalue weighted by Gasteiger charge is -2.20. The molecule has 0 aliphatic rings. The Kier molecular flexibility index (Phi) is 4.46. The number of ether oxygens (including phenoxy) is 1. The highest BCUT2D eigenvalue weighted by Gasteiger charge is 2.33. The maximum atomic E-state index is 12.2. The molecule has 4 nitrogen and oxygen atoms in total. The number of rotatable bonds is 3. The van der Waals surface area contributed by atoms with E-state index < -0.39 is 23.6 Å². The first kappa shape index (κ1) is 15.8. The van der Waals surface area contributed by atoms with Crippen LogP contribution in [0.25, 0.3) is 0 Å². The fourth-order valence-corrected chi connectivity index (χ4v) is 1.43. The minimum atomic E-state index is -4.85. The Bertz CT molecular complexity index is 484. The summed E-state index contributed by atoms with van der Waals surface area (Å²) in [5.74, 6) is -1.14.